The molecule has 29 heavy (non-hydrogen) atoms. The first-order chi connectivity index (χ1) is 13.7. The van der Waals surface area contributed by atoms with Gasteiger partial charge in [0.25, 0.3) is 0 Å². The first kappa shape index (κ1) is 22.9. The van der Waals surface area contributed by atoms with Crippen molar-refractivity contribution in [3.8, 4) is 5.75 Å². The number of ether oxygens (including phenoxy) is 2. The number of hydrogen-bond donors (Lipinski definition) is 2. The van der Waals surface area contributed by atoms with E-state index in [2.05, 4.69) is 10.0 Å². The Kier molecular flexibility index (Phi) is 8.19. The van der Waals surface area contributed by atoms with E-state index in [1.165, 1.54) is 0 Å². The number of carbonyl (C=O) groups excluding carboxylic acids is 1. The second kappa shape index (κ2) is 10.4. The predicted molar refractivity (Wildman–Crippen MR) is 113 cm³/mol. The molecule has 0 heterocycles. The summed E-state index contributed by atoms with van der Waals surface area (Å²) in [6.45, 7) is 6.49. The van der Waals surface area contributed by atoms with E-state index in [0.29, 0.717) is 24.7 Å². The molecule has 7 nitrogen and oxygen atoms in total. The summed E-state index contributed by atoms with van der Waals surface area (Å²) in [4.78, 5) is 12.5. The van der Waals surface area contributed by atoms with Crippen LogP contribution in [0.3, 0.4) is 0 Å². The van der Waals surface area contributed by atoms with Crippen molar-refractivity contribution in [1.82, 2.24) is 4.72 Å². The van der Waals surface area contributed by atoms with Crippen LogP contribution in [-0.4, -0.2) is 41.2 Å². The van der Waals surface area contributed by atoms with Crippen LogP contribution in [0.15, 0.2) is 41.3 Å². The van der Waals surface area contributed by atoms with Crippen molar-refractivity contribution in [3.05, 3.63) is 53.1 Å². The fourth-order valence-electron chi connectivity index (χ4n) is 2.56. The lowest BCUT2D eigenvalue weighted by Gasteiger charge is -2.13. The van der Waals surface area contributed by atoms with Gasteiger partial charge in [-0.2, -0.15) is 0 Å². The van der Waals surface area contributed by atoms with Gasteiger partial charge in [-0.1, -0.05) is 12.1 Å². The van der Waals surface area contributed by atoms with Crippen LogP contribution in [0, 0.1) is 20.8 Å². The second-order valence-electron chi connectivity index (χ2n) is 6.78. The minimum atomic E-state index is -3.67. The summed E-state index contributed by atoms with van der Waals surface area (Å²) in [7, 11) is -2.08. The van der Waals surface area contributed by atoms with E-state index < -0.39 is 10.0 Å². The maximum absolute atomic E-state index is 12.4. The Hall–Kier alpha value is -2.42. The Morgan fingerprint density at radius 3 is 2.45 bits per heavy atom. The second-order valence-corrected chi connectivity index (χ2v) is 8.55. The quantitative estimate of drug-likeness (QED) is 0.577. The van der Waals surface area contributed by atoms with Gasteiger partial charge in [0, 0.05) is 20.1 Å². The molecule has 0 radical (unpaired) electrons. The van der Waals surface area contributed by atoms with Gasteiger partial charge in [0.2, 0.25) is 15.9 Å². The number of carbonyl (C=O) groups is 1. The molecule has 2 aromatic carbocycles. The average Bonchev–Trinajstić information content (AvgIpc) is 2.66. The van der Waals surface area contributed by atoms with Gasteiger partial charge in [0.1, 0.15) is 12.4 Å². The molecule has 0 aliphatic heterocycles. The molecular formula is C21H28N2O5S. The first-order valence-electron chi connectivity index (χ1n) is 9.32. The molecule has 0 unspecified atom stereocenters. The maximum Gasteiger partial charge on any atom is 0.240 e. The summed E-state index contributed by atoms with van der Waals surface area (Å²) in [5.41, 5.74) is 3.45. The third-order valence-electron chi connectivity index (χ3n) is 4.39. The lowest BCUT2D eigenvalue weighted by atomic mass is 10.1. The highest BCUT2D eigenvalue weighted by Gasteiger charge is 2.15. The number of benzene rings is 2. The minimum Gasteiger partial charge on any atom is -0.489 e. The number of aryl methyl sites for hydroxylation is 3. The van der Waals surface area contributed by atoms with Crippen molar-refractivity contribution in [3.63, 3.8) is 0 Å². The lowest BCUT2D eigenvalue weighted by Crippen LogP contribution is -2.28. The summed E-state index contributed by atoms with van der Waals surface area (Å²) in [6, 6.07) is 10.4. The third kappa shape index (κ3) is 6.85. The number of nitrogens with one attached hydrogen (secondary N) is 2. The highest BCUT2D eigenvalue weighted by molar-refractivity contribution is 7.89. The zero-order valence-electron chi connectivity index (χ0n) is 17.2. The number of sulfonamides is 1. The Balaban J connectivity index is 1.93. The zero-order chi connectivity index (χ0) is 21.4. The number of methoxy groups -OCH3 is 1. The van der Waals surface area contributed by atoms with E-state index in [0.717, 1.165) is 16.7 Å². The summed E-state index contributed by atoms with van der Waals surface area (Å²) in [5, 5.41) is 2.77. The first-order valence-corrected chi connectivity index (χ1v) is 10.8. The Morgan fingerprint density at radius 1 is 1.00 bits per heavy atom. The standard InChI is InChI=1S/C21H28N2O5S/c1-15-5-8-19(20(13-15)28-12-11-27-4)23-21(24)9-10-22-29(25,26)18-7-6-16(2)17(3)14-18/h5-8,13-14,22H,9-12H2,1-4H3,(H,23,24). The summed E-state index contributed by atoms with van der Waals surface area (Å²) < 4.78 is 37.9. The van der Waals surface area contributed by atoms with Crippen LogP contribution in [0.4, 0.5) is 5.69 Å². The molecule has 2 N–H and O–H groups in total. The van der Waals surface area contributed by atoms with Crippen LogP contribution in [0.1, 0.15) is 23.1 Å². The molecule has 0 saturated heterocycles. The summed E-state index contributed by atoms with van der Waals surface area (Å²) in [5.74, 6) is 0.236. The predicted octanol–water partition coefficient (Wildman–Crippen LogP) is 2.94. The molecule has 8 heteroatoms. The molecule has 0 atom stereocenters. The van der Waals surface area contributed by atoms with Gasteiger partial charge in [-0.25, -0.2) is 13.1 Å². The highest BCUT2D eigenvalue weighted by Crippen LogP contribution is 2.26. The zero-order valence-corrected chi connectivity index (χ0v) is 18.1. The van der Waals surface area contributed by atoms with Gasteiger partial charge < -0.3 is 14.8 Å². The van der Waals surface area contributed by atoms with Gasteiger partial charge >= 0.3 is 0 Å². The van der Waals surface area contributed by atoms with E-state index >= 15 is 0 Å². The molecule has 2 rings (SSSR count). The van der Waals surface area contributed by atoms with Crippen molar-refractivity contribution >= 4 is 21.6 Å². The third-order valence-corrected chi connectivity index (χ3v) is 5.85. The molecular weight excluding hydrogens is 392 g/mol. The SMILES string of the molecule is COCCOc1cc(C)ccc1NC(=O)CCNS(=O)(=O)c1ccc(C)c(C)c1. The number of amides is 1. The molecule has 158 valence electrons. The van der Waals surface area contributed by atoms with Gasteiger partial charge in [-0.3, -0.25) is 4.79 Å². The molecule has 2 aromatic rings. The molecule has 0 spiro atoms. The molecule has 0 saturated carbocycles. The van der Waals surface area contributed by atoms with Gasteiger partial charge in [-0.05, 0) is 61.7 Å². The van der Waals surface area contributed by atoms with Crippen molar-refractivity contribution in [2.45, 2.75) is 32.1 Å². The van der Waals surface area contributed by atoms with Crippen LogP contribution in [-0.2, 0) is 19.6 Å². The molecule has 1 amide bonds. The molecule has 0 fully saturated rings. The van der Waals surface area contributed by atoms with Crippen LogP contribution in [0.5, 0.6) is 5.75 Å². The normalized spacial score (nSPS) is 11.3. The minimum absolute atomic E-state index is 0.00450. The largest absolute Gasteiger partial charge is 0.489 e. The fourth-order valence-corrected chi connectivity index (χ4v) is 3.68. The van der Waals surface area contributed by atoms with Crippen molar-refractivity contribution in [1.29, 1.82) is 0 Å². The topological polar surface area (TPSA) is 93.7 Å². The smallest absolute Gasteiger partial charge is 0.240 e. The summed E-state index contributed by atoms with van der Waals surface area (Å²) >= 11 is 0. The Bertz CT molecular complexity index is 958. The molecule has 0 aliphatic carbocycles. The Morgan fingerprint density at radius 2 is 1.76 bits per heavy atom. The van der Waals surface area contributed by atoms with Gasteiger partial charge in [0.15, 0.2) is 0 Å². The van der Waals surface area contributed by atoms with E-state index in [1.54, 1.807) is 31.4 Å². The van der Waals surface area contributed by atoms with E-state index in [9.17, 15) is 13.2 Å². The van der Waals surface area contributed by atoms with Crippen LogP contribution in [0.2, 0.25) is 0 Å². The highest BCUT2D eigenvalue weighted by atomic mass is 32.2. The molecule has 0 aromatic heterocycles. The van der Waals surface area contributed by atoms with E-state index in [4.69, 9.17) is 9.47 Å². The summed E-state index contributed by atoms with van der Waals surface area (Å²) in [6.07, 6.45) is -0.00450. The fraction of sp³-hybridized carbons (Fsp3) is 0.381. The van der Waals surface area contributed by atoms with E-state index in [-0.39, 0.29) is 23.8 Å². The number of hydrogen-bond acceptors (Lipinski definition) is 5. The molecule has 0 bridgehead atoms. The number of rotatable bonds is 10. The van der Waals surface area contributed by atoms with Crippen molar-refractivity contribution in [2.75, 3.05) is 32.2 Å². The van der Waals surface area contributed by atoms with Crippen molar-refractivity contribution in [2.24, 2.45) is 0 Å². The molecule has 0 aliphatic rings. The van der Waals surface area contributed by atoms with Gasteiger partial charge in [0.05, 0.1) is 17.2 Å². The monoisotopic (exact) mass is 420 g/mol. The average molecular weight is 421 g/mol. The van der Waals surface area contributed by atoms with E-state index in [1.807, 2.05) is 32.9 Å². The van der Waals surface area contributed by atoms with Crippen LogP contribution in [0.25, 0.3) is 0 Å². The van der Waals surface area contributed by atoms with Crippen molar-refractivity contribution < 1.29 is 22.7 Å². The lowest BCUT2D eigenvalue weighted by molar-refractivity contribution is -0.116. The van der Waals surface area contributed by atoms with Crippen LogP contribution >= 0.6 is 0 Å². The van der Waals surface area contributed by atoms with Gasteiger partial charge in [-0.15, -0.1) is 0 Å². The van der Waals surface area contributed by atoms with Crippen LogP contribution < -0.4 is 14.8 Å². The Labute approximate surface area is 172 Å². The maximum atomic E-state index is 12.4. The number of anilines is 1.